The summed E-state index contributed by atoms with van der Waals surface area (Å²) >= 11 is 1.23. The summed E-state index contributed by atoms with van der Waals surface area (Å²) in [6.07, 6.45) is 2.61. The average molecular weight is 569 g/mol. The minimum Gasteiger partial charge on any atom is -0.494 e. The van der Waals surface area contributed by atoms with Gasteiger partial charge in [0.05, 0.1) is 6.61 Å². The molecule has 0 amide bonds. The third-order valence-electron chi connectivity index (χ3n) is 5.79. The van der Waals surface area contributed by atoms with E-state index >= 15 is 0 Å². The normalized spacial score (nSPS) is 22.4. The maximum Gasteiger partial charge on any atom is 0.303 e. The van der Waals surface area contributed by atoms with Gasteiger partial charge in [-0.25, -0.2) is 0 Å². The zero-order valence-electron chi connectivity index (χ0n) is 23.3. The van der Waals surface area contributed by atoms with Gasteiger partial charge < -0.3 is 28.4 Å². The molecular weight excluding hydrogens is 528 g/mol. The van der Waals surface area contributed by atoms with Crippen LogP contribution >= 0.6 is 11.8 Å². The molecule has 1 aliphatic rings. The maximum atomic E-state index is 12.0. The summed E-state index contributed by atoms with van der Waals surface area (Å²) in [5.74, 6) is -1.80. The molecule has 2 rings (SSSR count). The first-order chi connectivity index (χ1) is 18.6. The Bertz CT molecular complexity index is 935. The summed E-state index contributed by atoms with van der Waals surface area (Å²) in [7, 11) is 0. The van der Waals surface area contributed by atoms with Crippen molar-refractivity contribution in [3.05, 3.63) is 24.3 Å². The Hall–Kier alpha value is -2.79. The second-order valence-electron chi connectivity index (χ2n) is 9.27. The van der Waals surface area contributed by atoms with Crippen LogP contribution in [-0.2, 0) is 42.9 Å². The van der Waals surface area contributed by atoms with Crippen LogP contribution in [0.25, 0.3) is 0 Å². The maximum absolute atomic E-state index is 12.0. The largest absolute Gasteiger partial charge is 0.494 e. The number of hydrogen-bond acceptors (Lipinski definition) is 11. The van der Waals surface area contributed by atoms with Gasteiger partial charge in [-0.05, 0) is 30.7 Å². The molecule has 218 valence electrons. The fourth-order valence-electron chi connectivity index (χ4n) is 4.10. The van der Waals surface area contributed by atoms with Gasteiger partial charge in [0.1, 0.15) is 23.9 Å². The van der Waals surface area contributed by atoms with Gasteiger partial charge in [-0.2, -0.15) is 0 Å². The summed E-state index contributed by atoms with van der Waals surface area (Å²) in [5, 5.41) is 0. The first-order valence-electron chi connectivity index (χ1n) is 13.3. The van der Waals surface area contributed by atoms with Crippen LogP contribution in [0, 0.1) is 0 Å². The molecule has 1 aromatic carbocycles. The van der Waals surface area contributed by atoms with Crippen molar-refractivity contribution in [1.29, 1.82) is 0 Å². The van der Waals surface area contributed by atoms with Crippen LogP contribution in [-0.4, -0.2) is 66.9 Å². The molecule has 1 fully saturated rings. The van der Waals surface area contributed by atoms with E-state index in [4.69, 9.17) is 28.4 Å². The molecule has 0 aromatic heterocycles. The van der Waals surface area contributed by atoms with Crippen molar-refractivity contribution in [2.45, 2.75) is 108 Å². The molecule has 0 saturated carbocycles. The zero-order valence-corrected chi connectivity index (χ0v) is 24.2. The Morgan fingerprint density at radius 2 is 1.31 bits per heavy atom. The molecule has 1 saturated heterocycles. The predicted molar refractivity (Wildman–Crippen MR) is 143 cm³/mol. The topological polar surface area (TPSA) is 124 Å². The van der Waals surface area contributed by atoms with Crippen molar-refractivity contribution in [2.24, 2.45) is 0 Å². The highest BCUT2D eigenvalue weighted by atomic mass is 32.2. The molecule has 0 aliphatic carbocycles. The van der Waals surface area contributed by atoms with E-state index in [0.29, 0.717) is 6.61 Å². The molecule has 1 aromatic rings. The average Bonchev–Trinajstić information content (AvgIpc) is 2.86. The standard InChI is InChI=1S/C28H40O10S/c1-6-7-8-9-10-11-16-33-22-12-14-23(15-13-22)39-28-27(37-21(5)32)26(36-20(4)31)25(35-19(3)30)24(38-28)17-34-18(2)29/h12-15,24-28H,6-11,16-17H2,1-5H3/t24-,25-,26+,27-,28+/m1/s1. The molecule has 10 nitrogen and oxygen atoms in total. The fraction of sp³-hybridized carbons (Fsp3) is 0.643. The fourth-order valence-corrected chi connectivity index (χ4v) is 5.21. The third kappa shape index (κ3) is 11.9. The highest BCUT2D eigenvalue weighted by Gasteiger charge is 2.52. The number of thioether (sulfide) groups is 1. The lowest BCUT2D eigenvalue weighted by Gasteiger charge is -2.44. The summed E-state index contributed by atoms with van der Waals surface area (Å²) in [6.45, 7) is 7.40. The monoisotopic (exact) mass is 568 g/mol. The van der Waals surface area contributed by atoms with Gasteiger partial charge in [-0.3, -0.25) is 19.2 Å². The van der Waals surface area contributed by atoms with Gasteiger partial charge in [0, 0.05) is 32.6 Å². The molecule has 0 unspecified atom stereocenters. The summed E-state index contributed by atoms with van der Waals surface area (Å²) < 4.78 is 33.5. The van der Waals surface area contributed by atoms with E-state index in [-0.39, 0.29) is 6.61 Å². The SMILES string of the molecule is CCCCCCCCOc1ccc(S[C@@H]2O[C@H](COC(C)=O)[C@@H](OC(C)=O)[C@H](OC(C)=O)[C@H]2OC(C)=O)cc1. The predicted octanol–water partition coefficient (Wildman–Crippen LogP) is 4.60. The van der Waals surface area contributed by atoms with Crippen LogP contribution in [0.2, 0.25) is 0 Å². The molecule has 0 spiro atoms. The first kappa shape index (κ1) is 32.4. The zero-order chi connectivity index (χ0) is 28.8. The Morgan fingerprint density at radius 1 is 0.744 bits per heavy atom. The molecule has 5 atom stereocenters. The second kappa shape index (κ2) is 17.0. The van der Waals surface area contributed by atoms with E-state index in [0.717, 1.165) is 23.5 Å². The van der Waals surface area contributed by atoms with Crippen molar-refractivity contribution < 1.29 is 47.6 Å². The summed E-state index contributed by atoms with van der Waals surface area (Å²) in [5.41, 5.74) is -0.875. The number of carbonyl (C=O) groups excluding carboxylic acids is 4. The van der Waals surface area contributed by atoms with Gasteiger partial charge in [0.2, 0.25) is 0 Å². The number of ether oxygens (including phenoxy) is 6. The molecule has 1 heterocycles. The first-order valence-corrected chi connectivity index (χ1v) is 14.2. The van der Waals surface area contributed by atoms with Gasteiger partial charge in [-0.1, -0.05) is 50.8 Å². The van der Waals surface area contributed by atoms with E-state index < -0.39 is 53.7 Å². The lowest BCUT2D eigenvalue weighted by molar-refractivity contribution is -0.237. The molecule has 39 heavy (non-hydrogen) atoms. The minimum atomic E-state index is -1.19. The van der Waals surface area contributed by atoms with Crippen LogP contribution in [0.15, 0.2) is 29.2 Å². The van der Waals surface area contributed by atoms with E-state index in [9.17, 15) is 19.2 Å². The van der Waals surface area contributed by atoms with Gasteiger partial charge in [-0.15, -0.1) is 0 Å². The van der Waals surface area contributed by atoms with Crippen LogP contribution in [0.3, 0.4) is 0 Å². The summed E-state index contributed by atoms with van der Waals surface area (Å²) in [4.78, 5) is 48.1. The highest BCUT2D eigenvalue weighted by molar-refractivity contribution is 7.99. The van der Waals surface area contributed by atoms with Crippen LogP contribution in [0.4, 0.5) is 0 Å². The number of hydrogen-bond donors (Lipinski definition) is 0. The number of rotatable bonds is 15. The van der Waals surface area contributed by atoms with Crippen molar-refractivity contribution in [2.75, 3.05) is 13.2 Å². The Morgan fingerprint density at radius 3 is 1.90 bits per heavy atom. The third-order valence-corrected chi connectivity index (χ3v) is 6.95. The van der Waals surface area contributed by atoms with E-state index in [1.54, 1.807) is 0 Å². The lowest BCUT2D eigenvalue weighted by atomic mass is 9.99. The Balaban J connectivity index is 2.17. The highest BCUT2D eigenvalue weighted by Crippen LogP contribution is 2.38. The molecule has 1 aliphatic heterocycles. The van der Waals surface area contributed by atoms with E-state index in [2.05, 4.69) is 6.92 Å². The molecule has 0 bridgehead atoms. The number of esters is 4. The van der Waals surface area contributed by atoms with Crippen LogP contribution in [0.5, 0.6) is 5.75 Å². The Labute approximate surface area is 234 Å². The van der Waals surface area contributed by atoms with Gasteiger partial charge in [0.15, 0.2) is 18.3 Å². The number of unbranched alkanes of at least 4 members (excludes halogenated alkanes) is 5. The van der Waals surface area contributed by atoms with Crippen LogP contribution < -0.4 is 4.74 Å². The second-order valence-corrected chi connectivity index (χ2v) is 10.4. The molecule has 0 radical (unpaired) electrons. The smallest absolute Gasteiger partial charge is 0.303 e. The number of benzene rings is 1. The number of carbonyl (C=O) groups is 4. The molecule has 0 N–H and O–H groups in total. The minimum absolute atomic E-state index is 0.264. The van der Waals surface area contributed by atoms with Gasteiger partial charge in [0.25, 0.3) is 0 Å². The van der Waals surface area contributed by atoms with Crippen molar-refractivity contribution in [3.63, 3.8) is 0 Å². The van der Waals surface area contributed by atoms with Crippen molar-refractivity contribution in [3.8, 4) is 5.75 Å². The quantitative estimate of drug-likeness (QED) is 0.167. The van der Waals surface area contributed by atoms with Crippen molar-refractivity contribution in [1.82, 2.24) is 0 Å². The molecule has 11 heteroatoms. The van der Waals surface area contributed by atoms with Crippen molar-refractivity contribution >= 4 is 35.6 Å². The Kier molecular flexibility index (Phi) is 14.1. The van der Waals surface area contributed by atoms with Gasteiger partial charge >= 0.3 is 23.9 Å². The summed E-state index contributed by atoms with van der Waals surface area (Å²) in [6, 6.07) is 7.36. The van der Waals surface area contributed by atoms with E-state index in [1.165, 1.54) is 65.1 Å². The molecular formula is C28H40O10S. The lowest BCUT2D eigenvalue weighted by Crippen LogP contribution is -2.61. The van der Waals surface area contributed by atoms with Crippen LogP contribution in [0.1, 0.15) is 73.1 Å². The van der Waals surface area contributed by atoms with E-state index in [1.807, 2.05) is 24.3 Å².